The van der Waals surface area contributed by atoms with Crippen LogP contribution in [0.3, 0.4) is 0 Å². The van der Waals surface area contributed by atoms with Gasteiger partial charge >= 0.3 is 0 Å². The molecule has 1 rings (SSSR count). The van der Waals surface area contributed by atoms with Crippen LogP contribution in [-0.4, -0.2) is 15.6 Å². The Balaban J connectivity index is 2.39. The lowest BCUT2D eigenvalue weighted by molar-refractivity contribution is 0.207. The second-order valence-electron chi connectivity index (χ2n) is 3.95. The smallest absolute Gasteiger partial charge is 0.0972 e. The lowest BCUT2D eigenvalue weighted by Gasteiger charge is -2.19. The Morgan fingerprint density at radius 1 is 1.54 bits per heavy atom. The standard InChI is InChI=1S/C10H16OS2/c1-10(2,3)13-7-8(11)9-5-4-6-12-9/h4-6,8,11H,7H2,1-3H3. The van der Waals surface area contributed by atoms with Gasteiger partial charge in [-0.1, -0.05) is 26.8 Å². The number of hydrogen-bond donors (Lipinski definition) is 1. The van der Waals surface area contributed by atoms with Gasteiger partial charge in [-0.05, 0) is 11.4 Å². The summed E-state index contributed by atoms with van der Waals surface area (Å²) in [5, 5.41) is 11.8. The van der Waals surface area contributed by atoms with Crippen LogP contribution in [0.15, 0.2) is 17.5 Å². The van der Waals surface area contributed by atoms with Crippen molar-refractivity contribution in [2.24, 2.45) is 0 Å². The van der Waals surface area contributed by atoms with Crippen molar-refractivity contribution < 1.29 is 5.11 Å². The highest BCUT2D eigenvalue weighted by Crippen LogP contribution is 2.29. The molecule has 0 saturated carbocycles. The van der Waals surface area contributed by atoms with Gasteiger partial charge in [0, 0.05) is 15.4 Å². The van der Waals surface area contributed by atoms with Gasteiger partial charge in [0.15, 0.2) is 0 Å². The zero-order valence-electron chi connectivity index (χ0n) is 8.28. The van der Waals surface area contributed by atoms with Gasteiger partial charge in [-0.25, -0.2) is 0 Å². The molecule has 1 nitrogen and oxygen atoms in total. The van der Waals surface area contributed by atoms with Crippen LogP contribution in [0.25, 0.3) is 0 Å². The second-order valence-corrected chi connectivity index (χ2v) is 6.78. The Labute approximate surface area is 88.2 Å². The first-order valence-electron chi connectivity index (χ1n) is 4.34. The van der Waals surface area contributed by atoms with Crippen molar-refractivity contribution in [3.05, 3.63) is 22.4 Å². The highest BCUT2D eigenvalue weighted by molar-refractivity contribution is 8.00. The van der Waals surface area contributed by atoms with Gasteiger partial charge < -0.3 is 5.11 Å². The average molecular weight is 216 g/mol. The van der Waals surface area contributed by atoms with Gasteiger partial charge in [-0.15, -0.1) is 11.3 Å². The molecule has 3 heteroatoms. The molecule has 1 atom stereocenters. The molecule has 0 aliphatic carbocycles. The summed E-state index contributed by atoms with van der Waals surface area (Å²) in [6, 6.07) is 3.96. The first-order chi connectivity index (χ1) is 5.99. The van der Waals surface area contributed by atoms with Gasteiger partial charge in [0.2, 0.25) is 0 Å². The SMILES string of the molecule is CC(C)(C)SCC(O)c1cccs1. The molecule has 0 saturated heterocycles. The first-order valence-corrected chi connectivity index (χ1v) is 6.21. The van der Waals surface area contributed by atoms with Crippen LogP contribution in [0.1, 0.15) is 31.8 Å². The van der Waals surface area contributed by atoms with Crippen molar-refractivity contribution in [2.75, 3.05) is 5.75 Å². The molecule has 1 N–H and O–H groups in total. The van der Waals surface area contributed by atoms with Crippen LogP contribution in [-0.2, 0) is 0 Å². The van der Waals surface area contributed by atoms with Gasteiger partial charge in [0.05, 0.1) is 6.10 Å². The van der Waals surface area contributed by atoms with Crippen molar-refractivity contribution in [3.63, 3.8) is 0 Å². The van der Waals surface area contributed by atoms with E-state index >= 15 is 0 Å². The van der Waals surface area contributed by atoms with Crippen LogP contribution in [0, 0.1) is 0 Å². The fraction of sp³-hybridized carbons (Fsp3) is 0.600. The predicted octanol–water partition coefficient (Wildman–Crippen LogP) is 3.31. The minimum absolute atomic E-state index is 0.234. The van der Waals surface area contributed by atoms with Gasteiger partial charge in [0.1, 0.15) is 0 Å². The Bertz CT molecular complexity index is 236. The molecule has 0 spiro atoms. The highest BCUT2D eigenvalue weighted by atomic mass is 32.2. The fourth-order valence-corrected chi connectivity index (χ4v) is 2.55. The molecule has 74 valence electrons. The maximum absolute atomic E-state index is 9.76. The van der Waals surface area contributed by atoms with E-state index in [0.29, 0.717) is 0 Å². The molecular weight excluding hydrogens is 200 g/mol. The van der Waals surface area contributed by atoms with Gasteiger partial charge in [-0.2, -0.15) is 11.8 Å². The molecule has 0 aliphatic heterocycles. The number of hydrogen-bond acceptors (Lipinski definition) is 3. The van der Waals surface area contributed by atoms with E-state index < -0.39 is 0 Å². The molecule has 1 unspecified atom stereocenters. The molecule has 0 aromatic carbocycles. The van der Waals surface area contributed by atoms with E-state index in [1.54, 1.807) is 23.1 Å². The summed E-state index contributed by atoms with van der Waals surface area (Å²) in [7, 11) is 0. The molecular formula is C10H16OS2. The topological polar surface area (TPSA) is 20.2 Å². The summed E-state index contributed by atoms with van der Waals surface area (Å²) in [6.07, 6.45) is -0.302. The molecule has 0 aliphatic rings. The van der Waals surface area contributed by atoms with E-state index in [1.165, 1.54) is 0 Å². The molecule has 1 aromatic rings. The summed E-state index contributed by atoms with van der Waals surface area (Å²) in [6.45, 7) is 6.50. The number of thiophene rings is 1. The largest absolute Gasteiger partial charge is 0.387 e. The van der Waals surface area contributed by atoms with Crippen molar-refractivity contribution in [3.8, 4) is 0 Å². The molecule has 13 heavy (non-hydrogen) atoms. The molecule has 0 radical (unpaired) electrons. The quantitative estimate of drug-likeness (QED) is 0.836. The van der Waals surface area contributed by atoms with Gasteiger partial charge in [-0.3, -0.25) is 0 Å². The maximum atomic E-state index is 9.76. The lowest BCUT2D eigenvalue weighted by atomic mass is 10.3. The van der Waals surface area contributed by atoms with E-state index in [0.717, 1.165) is 10.6 Å². The third-order valence-corrected chi connectivity index (χ3v) is 3.87. The maximum Gasteiger partial charge on any atom is 0.0972 e. The number of thioether (sulfide) groups is 1. The lowest BCUT2D eigenvalue weighted by Crippen LogP contribution is -2.11. The molecule has 0 fully saturated rings. The summed E-state index contributed by atoms with van der Waals surface area (Å²) < 4.78 is 0.234. The number of aliphatic hydroxyl groups excluding tert-OH is 1. The predicted molar refractivity (Wildman–Crippen MR) is 61.5 cm³/mol. The van der Waals surface area contributed by atoms with Crippen molar-refractivity contribution in [2.45, 2.75) is 31.6 Å². The summed E-state index contributed by atoms with van der Waals surface area (Å²) in [5.74, 6) is 0.782. The molecule has 0 bridgehead atoms. The number of aliphatic hydroxyl groups is 1. The van der Waals surface area contributed by atoms with Crippen molar-refractivity contribution in [1.29, 1.82) is 0 Å². The van der Waals surface area contributed by atoms with Crippen LogP contribution >= 0.6 is 23.1 Å². The van der Waals surface area contributed by atoms with Crippen molar-refractivity contribution >= 4 is 23.1 Å². The summed E-state index contributed by atoms with van der Waals surface area (Å²) in [5.41, 5.74) is 0. The highest BCUT2D eigenvalue weighted by Gasteiger charge is 2.15. The molecule has 1 aromatic heterocycles. The summed E-state index contributed by atoms with van der Waals surface area (Å²) >= 11 is 3.41. The monoisotopic (exact) mass is 216 g/mol. The minimum Gasteiger partial charge on any atom is -0.387 e. The van der Waals surface area contributed by atoms with E-state index in [2.05, 4.69) is 20.8 Å². The Kier molecular flexibility index (Phi) is 3.83. The normalized spacial score (nSPS) is 14.5. The molecule has 1 heterocycles. The number of rotatable bonds is 3. The average Bonchev–Trinajstić information content (AvgIpc) is 2.50. The third-order valence-electron chi connectivity index (χ3n) is 1.55. The van der Waals surface area contributed by atoms with Crippen LogP contribution in [0.5, 0.6) is 0 Å². The van der Waals surface area contributed by atoms with Crippen molar-refractivity contribution in [1.82, 2.24) is 0 Å². The Hall–Kier alpha value is 0.01000. The zero-order chi connectivity index (χ0) is 9.90. The van der Waals surface area contributed by atoms with Crippen LogP contribution in [0.4, 0.5) is 0 Å². The fourth-order valence-electron chi connectivity index (χ4n) is 0.892. The van der Waals surface area contributed by atoms with E-state index in [4.69, 9.17) is 0 Å². The van der Waals surface area contributed by atoms with Crippen LogP contribution < -0.4 is 0 Å². The van der Waals surface area contributed by atoms with E-state index in [1.807, 2.05) is 17.5 Å². The summed E-state index contributed by atoms with van der Waals surface area (Å²) in [4.78, 5) is 1.07. The second kappa shape index (κ2) is 4.49. The van der Waals surface area contributed by atoms with Gasteiger partial charge in [0.25, 0.3) is 0 Å². The Morgan fingerprint density at radius 2 is 2.23 bits per heavy atom. The van der Waals surface area contributed by atoms with E-state index in [-0.39, 0.29) is 10.9 Å². The molecule has 0 amide bonds. The van der Waals surface area contributed by atoms with Crippen LogP contribution in [0.2, 0.25) is 0 Å². The first kappa shape index (κ1) is 11.1. The third kappa shape index (κ3) is 4.16. The minimum atomic E-state index is -0.302. The zero-order valence-corrected chi connectivity index (χ0v) is 9.91. The Morgan fingerprint density at radius 3 is 2.69 bits per heavy atom. The van der Waals surface area contributed by atoms with E-state index in [9.17, 15) is 5.11 Å².